The van der Waals surface area contributed by atoms with Crippen LogP contribution < -0.4 is 16.6 Å². The Balaban J connectivity index is 1.96. The summed E-state index contributed by atoms with van der Waals surface area (Å²) in [6, 6.07) is 11.1. The lowest BCUT2D eigenvalue weighted by Gasteiger charge is -2.18. The van der Waals surface area contributed by atoms with Crippen LogP contribution in [0, 0.1) is 0 Å². The fourth-order valence-corrected chi connectivity index (χ4v) is 3.12. The van der Waals surface area contributed by atoms with Crippen LogP contribution in [0.25, 0.3) is 11.0 Å². The fourth-order valence-electron chi connectivity index (χ4n) is 3.12. The van der Waals surface area contributed by atoms with Gasteiger partial charge in [0.15, 0.2) is 0 Å². The van der Waals surface area contributed by atoms with Crippen LogP contribution in [0.3, 0.4) is 0 Å². The third-order valence-corrected chi connectivity index (χ3v) is 4.50. The average molecular weight is 366 g/mol. The quantitative estimate of drug-likeness (QED) is 0.700. The van der Waals surface area contributed by atoms with Crippen molar-refractivity contribution in [2.24, 2.45) is 0 Å². The summed E-state index contributed by atoms with van der Waals surface area (Å²) in [5, 5.41) is 3.23. The number of rotatable bonds is 6. The number of benzene rings is 1. The Kier molecular flexibility index (Phi) is 5.49. The second kappa shape index (κ2) is 7.99. The molecule has 1 aromatic carbocycles. The predicted molar refractivity (Wildman–Crippen MR) is 104 cm³/mol. The molecule has 0 aliphatic heterocycles. The van der Waals surface area contributed by atoms with Crippen molar-refractivity contribution >= 4 is 16.9 Å². The fraction of sp³-hybridized carbons (Fsp3) is 0.300. The Hall–Kier alpha value is -3.22. The van der Waals surface area contributed by atoms with Crippen LogP contribution >= 0.6 is 0 Å². The molecule has 140 valence electrons. The van der Waals surface area contributed by atoms with E-state index in [4.69, 9.17) is 0 Å². The number of aromatic amines is 1. The number of nitrogens with zero attached hydrogens (tertiary/aromatic N) is 2. The van der Waals surface area contributed by atoms with E-state index in [1.807, 2.05) is 30.3 Å². The number of aromatic nitrogens is 3. The average Bonchev–Trinajstić information content (AvgIpc) is 2.68. The molecule has 3 rings (SSSR count). The molecule has 2 heterocycles. The molecular weight excluding hydrogens is 344 g/mol. The molecule has 1 amide bonds. The Morgan fingerprint density at radius 1 is 1.22 bits per heavy atom. The second-order valence-corrected chi connectivity index (χ2v) is 6.32. The van der Waals surface area contributed by atoms with Crippen LogP contribution in [0.4, 0.5) is 0 Å². The van der Waals surface area contributed by atoms with Crippen molar-refractivity contribution in [2.45, 2.75) is 39.3 Å². The molecule has 2 N–H and O–H groups in total. The van der Waals surface area contributed by atoms with Gasteiger partial charge in [-0.2, -0.15) is 0 Å². The van der Waals surface area contributed by atoms with E-state index in [0.29, 0.717) is 6.54 Å². The first-order chi connectivity index (χ1) is 13.0. The molecule has 7 nitrogen and oxygen atoms in total. The number of carbonyl (C=O) groups excluding carboxylic acids is 1. The zero-order valence-corrected chi connectivity index (χ0v) is 15.4. The Morgan fingerprint density at radius 3 is 2.63 bits per heavy atom. The molecule has 0 aliphatic carbocycles. The molecule has 0 unspecified atom stereocenters. The van der Waals surface area contributed by atoms with E-state index in [0.717, 1.165) is 18.4 Å². The second-order valence-electron chi connectivity index (χ2n) is 6.32. The lowest BCUT2D eigenvalue weighted by molar-refractivity contribution is 0.0934. The summed E-state index contributed by atoms with van der Waals surface area (Å²) in [4.78, 5) is 43.2. The summed E-state index contributed by atoms with van der Waals surface area (Å²) >= 11 is 0. The van der Waals surface area contributed by atoms with E-state index in [9.17, 15) is 14.4 Å². The molecule has 7 heteroatoms. The van der Waals surface area contributed by atoms with Crippen LogP contribution in [0.5, 0.6) is 0 Å². The molecule has 0 saturated heterocycles. The summed E-state index contributed by atoms with van der Waals surface area (Å²) in [6.07, 6.45) is 3.11. The van der Waals surface area contributed by atoms with Gasteiger partial charge < -0.3 is 5.32 Å². The molecule has 0 fully saturated rings. The maximum absolute atomic E-state index is 12.7. The van der Waals surface area contributed by atoms with Gasteiger partial charge in [0.25, 0.3) is 11.5 Å². The molecule has 3 aromatic rings. The SMILES string of the molecule is CCC[C@H](NC(=O)c1cnc2c(c1)c(=O)[nH]c(=O)n2CC)c1ccccc1. The van der Waals surface area contributed by atoms with Crippen LogP contribution in [0.15, 0.2) is 52.2 Å². The third kappa shape index (κ3) is 3.81. The Morgan fingerprint density at radius 2 is 1.96 bits per heavy atom. The van der Waals surface area contributed by atoms with E-state index in [2.05, 4.69) is 22.2 Å². The number of aryl methyl sites for hydroxylation is 1. The smallest absolute Gasteiger partial charge is 0.329 e. The summed E-state index contributed by atoms with van der Waals surface area (Å²) in [7, 11) is 0. The number of nitrogens with one attached hydrogen (secondary N) is 2. The summed E-state index contributed by atoms with van der Waals surface area (Å²) in [5.41, 5.74) is 0.531. The maximum Gasteiger partial charge on any atom is 0.329 e. The van der Waals surface area contributed by atoms with E-state index in [-0.39, 0.29) is 28.5 Å². The minimum atomic E-state index is -0.546. The highest BCUT2D eigenvalue weighted by Crippen LogP contribution is 2.19. The van der Waals surface area contributed by atoms with Crippen LogP contribution in [0.2, 0.25) is 0 Å². The van der Waals surface area contributed by atoms with Crippen molar-refractivity contribution in [1.82, 2.24) is 19.9 Å². The van der Waals surface area contributed by atoms with Gasteiger partial charge >= 0.3 is 5.69 Å². The van der Waals surface area contributed by atoms with Crippen LogP contribution in [-0.2, 0) is 6.54 Å². The maximum atomic E-state index is 12.7. The van der Waals surface area contributed by atoms with Crippen molar-refractivity contribution in [1.29, 1.82) is 0 Å². The van der Waals surface area contributed by atoms with E-state index in [1.54, 1.807) is 6.92 Å². The highest BCUT2D eigenvalue weighted by atomic mass is 16.2. The van der Waals surface area contributed by atoms with Gasteiger partial charge in [-0.05, 0) is 25.0 Å². The number of hydrogen-bond acceptors (Lipinski definition) is 4. The first-order valence-electron chi connectivity index (χ1n) is 9.03. The number of fused-ring (bicyclic) bond motifs is 1. The number of pyridine rings is 1. The highest BCUT2D eigenvalue weighted by Gasteiger charge is 2.17. The van der Waals surface area contributed by atoms with Crippen molar-refractivity contribution in [3.8, 4) is 0 Å². The molecule has 27 heavy (non-hydrogen) atoms. The van der Waals surface area contributed by atoms with Crippen molar-refractivity contribution in [3.63, 3.8) is 0 Å². The Labute approximate surface area is 156 Å². The number of amides is 1. The van der Waals surface area contributed by atoms with Gasteiger partial charge in [0.2, 0.25) is 0 Å². The standard InChI is InChI=1S/C20H22N4O3/c1-3-8-16(13-9-6-5-7-10-13)22-18(25)14-11-15-17(21-12-14)24(4-2)20(27)23-19(15)26/h5-7,9-12,16H,3-4,8H2,1-2H3,(H,22,25)(H,23,26,27)/t16-/m0/s1. The van der Waals surface area contributed by atoms with Gasteiger partial charge in [-0.3, -0.25) is 19.1 Å². The van der Waals surface area contributed by atoms with Gasteiger partial charge in [-0.1, -0.05) is 43.7 Å². The minimum absolute atomic E-state index is 0.123. The first-order valence-corrected chi connectivity index (χ1v) is 9.03. The zero-order valence-electron chi connectivity index (χ0n) is 15.4. The molecule has 0 spiro atoms. The summed E-state index contributed by atoms with van der Waals surface area (Å²) in [6.45, 7) is 4.22. The molecule has 0 aliphatic rings. The van der Waals surface area contributed by atoms with Gasteiger partial charge in [0.05, 0.1) is 17.0 Å². The number of carbonyl (C=O) groups is 1. The first kappa shape index (κ1) is 18.6. The molecule has 2 aromatic heterocycles. The molecule has 0 saturated carbocycles. The third-order valence-electron chi connectivity index (χ3n) is 4.50. The van der Waals surface area contributed by atoms with E-state index < -0.39 is 11.2 Å². The van der Waals surface area contributed by atoms with Gasteiger partial charge in [-0.15, -0.1) is 0 Å². The summed E-state index contributed by atoms with van der Waals surface area (Å²) in [5.74, 6) is -0.305. The number of hydrogen-bond donors (Lipinski definition) is 2. The summed E-state index contributed by atoms with van der Waals surface area (Å²) < 4.78 is 1.36. The highest BCUT2D eigenvalue weighted by molar-refractivity contribution is 5.96. The predicted octanol–water partition coefficient (Wildman–Crippen LogP) is 2.38. The van der Waals surface area contributed by atoms with E-state index >= 15 is 0 Å². The Bertz CT molecular complexity index is 1070. The topological polar surface area (TPSA) is 96.8 Å². The van der Waals surface area contributed by atoms with Crippen LogP contribution in [0.1, 0.15) is 48.7 Å². The molecule has 0 radical (unpaired) electrons. The normalized spacial score (nSPS) is 12.1. The van der Waals surface area contributed by atoms with E-state index in [1.165, 1.54) is 16.8 Å². The van der Waals surface area contributed by atoms with Crippen LogP contribution in [-0.4, -0.2) is 20.4 Å². The van der Waals surface area contributed by atoms with Gasteiger partial charge in [-0.25, -0.2) is 9.78 Å². The largest absolute Gasteiger partial charge is 0.345 e. The lowest BCUT2D eigenvalue weighted by Crippen LogP contribution is -2.31. The molecule has 0 bridgehead atoms. The van der Waals surface area contributed by atoms with Crippen molar-refractivity contribution in [2.75, 3.05) is 0 Å². The lowest BCUT2D eigenvalue weighted by atomic mass is 10.0. The van der Waals surface area contributed by atoms with Crippen molar-refractivity contribution in [3.05, 3.63) is 74.6 Å². The monoisotopic (exact) mass is 366 g/mol. The minimum Gasteiger partial charge on any atom is -0.345 e. The number of H-pyrrole nitrogens is 1. The molecular formula is C20H22N4O3. The van der Waals surface area contributed by atoms with Crippen molar-refractivity contribution < 1.29 is 4.79 Å². The van der Waals surface area contributed by atoms with Gasteiger partial charge in [0, 0.05) is 12.7 Å². The zero-order chi connectivity index (χ0) is 19.4. The van der Waals surface area contributed by atoms with Gasteiger partial charge in [0.1, 0.15) is 5.65 Å². The molecule has 1 atom stereocenters.